The first kappa shape index (κ1) is 7.12. The van der Waals surface area contributed by atoms with Gasteiger partial charge in [0.05, 0.1) is 0 Å². The van der Waals surface area contributed by atoms with Gasteiger partial charge in [-0.05, 0) is 23.8 Å². The molecule has 0 unspecified atom stereocenters. The molecule has 0 aromatic heterocycles. The van der Waals surface area contributed by atoms with Crippen molar-refractivity contribution in [2.24, 2.45) is 0 Å². The molecule has 0 aromatic carbocycles. The van der Waals surface area contributed by atoms with E-state index in [2.05, 4.69) is 10.9 Å². The van der Waals surface area contributed by atoms with Crippen LogP contribution < -0.4 is 0 Å². The van der Waals surface area contributed by atoms with Crippen molar-refractivity contribution in [3.05, 3.63) is 9.15 Å². The maximum atomic E-state index is 10.3. The van der Waals surface area contributed by atoms with Gasteiger partial charge in [0.1, 0.15) is 0 Å². The second-order valence-corrected chi connectivity index (χ2v) is 4.71. The smallest absolute Gasteiger partial charge is 0.155 e. The molecule has 1 aliphatic rings. The van der Waals surface area contributed by atoms with Gasteiger partial charge in [0.15, 0.2) is 6.29 Å². The maximum absolute atomic E-state index is 10.3. The molecule has 1 rings (SSSR count). The molecular formula is C7H9IO. The highest BCUT2D eigenvalue weighted by molar-refractivity contribution is 14.2. The van der Waals surface area contributed by atoms with Gasteiger partial charge in [0.25, 0.3) is 0 Å². The number of rotatable bonds is 1. The Morgan fingerprint density at radius 3 is 3.00 bits per heavy atom. The molecule has 0 fully saturated rings. The number of carbonyl (C=O) groups is 1. The lowest BCUT2D eigenvalue weighted by molar-refractivity contribution is -0.104. The Labute approximate surface area is 64.9 Å². The fraction of sp³-hybridized carbons (Fsp3) is 0.429. The van der Waals surface area contributed by atoms with Crippen molar-refractivity contribution < 1.29 is 4.79 Å². The molecule has 0 aliphatic carbocycles. The van der Waals surface area contributed by atoms with Crippen LogP contribution in [0.2, 0.25) is 0 Å². The third-order valence-electron chi connectivity index (χ3n) is 1.33. The Morgan fingerprint density at radius 2 is 2.56 bits per heavy atom. The Bertz CT molecular complexity index is 179. The molecular weight excluding hydrogens is 227 g/mol. The van der Waals surface area contributed by atoms with E-state index in [1.54, 1.807) is 0 Å². The van der Waals surface area contributed by atoms with Gasteiger partial charge >= 0.3 is 0 Å². The molecule has 0 bridgehead atoms. The van der Waals surface area contributed by atoms with Gasteiger partial charge < -0.3 is 0 Å². The number of allylic oxidation sites excluding steroid dienone is 2. The van der Waals surface area contributed by atoms with E-state index in [0.717, 1.165) is 16.3 Å². The van der Waals surface area contributed by atoms with Crippen LogP contribution in [0.5, 0.6) is 0 Å². The van der Waals surface area contributed by atoms with Gasteiger partial charge in [-0.15, -0.1) is 0 Å². The molecule has 1 aliphatic heterocycles. The highest BCUT2D eigenvalue weighted by Gasteiger charge is 2.01. The van der Waals surface area contributed by atoms with Crippen LogP contribution in [-0.2, 0) is 4.79 Å². The van der Waals surface area contributed by atoms with Gasteiger partial charge in [-0.1, -0.05) is 26.3 Å². The molecule has 1 nitrogen and oxygen atoms in total. The lowest BCUT2D eigenvalue weighted by Gasteiger charge is -2.04. The molecule has 50 valence electrons. The van der Waals surface area contributed by atoms with Crippen LogP contribution in [0.25, 0.3) is 0 Å². The van der Waals surface area contributed by atoms with Crippen LogP contribution >= 0.6 is 20.7 Å². The Kier molecular flexibility index (Phi) is 2.57. The van der Waals surface area contributed by atoms with Gasteiger partial charge in [0.2, 0.25) is 0 Å². The average Bonchev–Trinajstić information content (AvgIpc) is 1.89. The lowest BCUT2D eigenvalue weighted by atomic mass is 10.2. The second kappa shape index (κ2) is 3.25. The first-order valence-electron chi connectivity index (χ1n) is 2.94. The van der Waals surface area contributed by atoms with E-state index in [1.807, 2.05) is 0 Å². The number of carbonyl (C=O) groups excluding carboxylic acids is 1. The number of hydrogen-bond acceptors (Lipinski definition) is 1. The van der Waals surface area contributed by atoms with E-state index in [-0.39, 0.29) is 20.7 Å². The molecule has 0 saturated heterocycles. The predicted octanol–water partition coefficient (Wildman–Crippen LogP) is 2.03. The second-order valence-electron chi connectivity index (χ2n) is 2.05. The van der Waals surface area contributed by atoms with E-state index in [9.17, 15) is 4.79 Å². The zero-order valence-corrected chi connectivity index (χ0v) is 7.51. The molecule has 0 atom stereocenters. The van der Waals surface area contributed by atoms with Crippen molar-refractivity contribution in [2.45, 2.75) is 19.8 Å². The summed E-state index contributed by atoms with van der Waals surface area (Å²) in [4.78, 5) is 10.3. The molecule has 0 saturated carbocycles. The molecule has 9 heavy (non-hydrogen) atoms. The van der Waals surface area contributed by atoms with Crippen molar-refractivity contribution in [3.8, 4) is 0 Å². The average molecular weight is 236 g/mol. The summed E-state index contributed by atoms with van der Waals surface area (Å²) < 4.78 is 3.37. The molecule has 0 radical (unpaired) electrons. The molecule has 0 aromatic rings. The summed E-state index contributed by atoms with van der Waals surface area (Å²) in [6.45, 7) is 2.07. The summed E-state index contributed by atoms with van der Waals surface area (Å²) in [5.41, 5.74) is 1.32. The highest BCUT2D eigenvalue weighted by Crippen LogP contribution is 2.24. The minimum Gasteiger partial charge on any atom is -0.297 e. The van der Waals surface area contributed by atoms with E-state index >= 15 is 0 Å². The first-order chi connectivity index (χ1) is 4.34. The van der Waals surface area contributed by atoms with Gasteiger partial charge in [-0.3, -0.25) is 4.79 Å². The normalized spacial score (nSPS) is 19.2. The first-order valence-corrected chi connectivity index (χ1v) is 5.27. The topological polar surface area (TPSA) is 17.1 Å². The Hall–Kier alpha value is 0.01000. The summed E-state index contributed by atoms with van der Waals surface area (Å²) in [6.07, 6.45) is 3.32. The molecule has 0 amide bonds. The highest BCUT2D eigenvalue weighted by atomic mass is 127. The molecule has 0 spiro atoms. The van der Waals surface area contributed by atoms with Crippen molar-refractivity contribution in [1.29, 1.82) is 0 Å². The number of halogens is 1. The van der Waals surface area contributed by atoms with Crippen LogP contribution in [0.1, 0.15) is 19.8 Å². The Balaban J connectivity index is 2.84. The summed E-state index contributed by atoms with van der Waals surface area (Å²) in [6, 6.07) is 0. The fourth-order valence-corrected chi connectivity index (χ4v) is 2.79. The van der Waals surface area contributed by atoms with Crippen LogP contribution in [0.15, 0.2) is 9.15 Å². The zero-order chi connectivity index (χ0) is 6.69. The molecule has 1 heterocycles. The van der Waals surface area contributed by atoms with Gasteiger partial charge in [-0.25, -0.2) is 0 Å². The zero-order valence-electron chi connectivity index (χ0n) is 5.36. The minimum atomic E-state index is -0.00491. The molecule has 0 N–H and O–H groups in total. The van der Waals surface area contributed by atoms with E-state index < -0.39 is 0 Å². The number of aldehydes is 1. The van der Waals surface area contributed by atoms with E-state index in [0.29, 0.717) is 0 Å². The summed E-state index contributed by atoms with van der Waals surface area (Å²) >= 11 is -0.00491. The SMILES string of the molecule is CC1=C(C=O)I=CCC1. The van der Waals surface area contributed by atoms with Crippen molar-refractivity contribution in [2.75, 3.05) is 0 Å². The Morgan fingerprint density at radius 1 is 1.78 bits per heavy atom. The van der Waals surface area contributed by atoms with Gasteiger partial charge in [-0.2, -0.15) is 0 Å². The summed E-state index contributed by atoms with van der Waals surface area (Å²) in [7, 11) is 0. The minimum absolute atomic E-state index is 0.00491. The quantitative estimate of drug-likeness (QED) is 0.502. The van der Waals surface area contributed by atoms with Crippen LogP contribution in [0.3, 0.4) is 0 Å². The van der Waals surface area contributed by atoms with E-state index in [1.165, 1.54) is 12.0 Å². The van der Waals surface area contributed by atoms with Crippen molar-refractivity contribution >= 4 is 31.0 Å². The maximum Gasteiger partial charge on any atom is 0.155 e. The summed E-state index contributed by atoms with van der Waals surface area (Å²) in [5.74, 6) is 0. The monoisotopic (exact) mass is 236 g/mol. The van der Waals surface area contributed by atoms with Crippen LogP contribution in [0, 0.1) is 0 Å². The third kappa shape index (κ3) is 1.71. The third-order valence-corrected chi connectivity index (χ3v) is 4.24. The van der Waals surface area contributed by atoms with Gasteiger partial charge in [0, 0.05) is 3.58 Å². The van der Waals surface area contributed by atoms with Crippen molar-refractivity contribution in [3.63, 3.8) is 0 Å². The fourth-order valence-electron chi connectivity index (χ4n) is 0.748. The predicted molar refractivity (Wildman–Crippen MR) is 48.1 cm³/mol. The number of hydrogen-bond donors (Lipinski definition) is 0. The largest absolute Gasteiger partial charge is 0.297 e. The van der Waals surface area contributed by atoms with Crippen LogP contribution in [0.4, 0.5) is 0 Å². The van der Waals surface area contributed by atoms with Crippen molar-refractivity contribution in [1.82, 2.24) is 0 Å². The standard InChI is InChI=1S/C7H9IO/c1-6-3-2-4-8-7(6)5-9/h4-5H,2-3H2,1H3. The van der Waals surface area contributed by atoms with Crippen LogP contribution in [-0.4, -0.2) is 10.3 Å². The van der Waals surface area contributed by atoms with E-state index in [4.69, 9.17) is 0 Å². The summed E-state index contributed by atoms with van der Waals surface area (Å²) in [5, 5.41) is 0. The molecule has 2 heteroatoms. The lowest BCUT2D eigenvalue weighted by Crippen LogP contribution is -1.89.